The first-order valence-corrected chi connectivity index (χ1v) is 7.47. The van der Waals surface area contributed by atoms with Crippen molar-refractivity contribution in [2.45, 2.75) is 18.6 Å². The number of aromatic nitrogens is 2. The second-order valence-electron chi connectivity index (χ2n) is 4.17. The second-order valence-corrected chi connectivity index (χ2v) is 5.57. The Kier molecular flexibility index (Phi) is 5.41. The number of para-hydroxylation sites is 1. The van der Waals surface area contributed by atoms with E-state index in [0.717, 1.165) is 17.5 Å². The van der Waals surface area contributed by atoms with Gasteiger partial charge in [0.15, 0.2) is 5.82 Å². The number of hydrogen-bond acceptors (Lipinski definition) is 5. The van der Waals surface area contributed by atoms with E-state index in [1.54, 1.807) is 18.2 Å². The van der Waals surface area contributed by atoms with Crippen LogP contribution < -0.4 is 4.74 Å². The average molecular weight is 325 g/mol. The van der Waals surface area contributed by atoms with Crippen molar-refractivity contribution in [2.24, 2.45) is 0 Å². The molecule has 0 radical (unpaired) electrons. The van der Waals surface area contributed by atoms with E-state index in [0.29, 0.717) is 21.6 Å². The summed E-state index contributed by atoms with van der Waals surface area (Å²) >= 11 is 7.15. The number of carboxylic acids is 1. The molecule has 0 spiro atoms. The third-order valence-corrected chi connectivity index (χ3v) is 3.62. The van der Waals surface area contributed by atoms with Crippen molar-refractivity contribution in [2.75, 3.05) is 5.75 Å². The molecule has 0 aliphatic heterocycles. The molecule has 0 saturated heterocycles. The van der Waals surface area contributed by atoms with Crippen LogP contribution in [0.2, 0.25) is 5.02 Å². The van der Waals surface area contributed by atoms with E-state index < -0.39 is 5.97 Å². The molecule has 110 valence electrons. The van der Waals surface area contributed by atoms with Gasteiger partial charge in [-0.25, -0.2) is 9.97 Å². The van der Waals surface area contributed by atoms with Crippen molar-refractivity contribution < 1.29 is 14.6 Å². The van der Waals surface area contributed by atoms with Crippen LogP contribution >= 0.6 is 23.4 Å². The highest BCUT2D eigenvalue weighted by atomic mass is 35.5. The van der Waals surface area contributed by atoms with Crippen molar-refractivity contribution in [3.63, 3.8) is 0 Å². The lowest BCUT2D eigenvalue weighted by atomic mass is 10.3. The maximum atomic E-state index is 10.6. The van der Waals surface area contributed by atoms with Crippen molar-refractivity contribution in [3.8, 4) is 5.75 Å². The number of thioether (sulfide) groups is 1. The molecule has 1 aromatic carbocycles. The summed E-state index contributed by atoms with van der Waals surface area (Å²) in [5, 5.41) is 9.83. The third kappa shape index (κ3) is 4.91. The lowest BCUT2D eigenvalue weighted by Gasteiger charge is -2.08. The monoisotopic (exact) mass is 324 g/mol. The van der Waals surface area contributed by atoms with Crippen molar-refractivity contribution >= 4 is 29.3 Å². The number of aryl methyl sites for hydroxylation is 1. The fourth-order valence-corrected chi connectivity index (χ4v) is 2.46. The summed E-state index contributed by atoms with van der Waals surface area (Å²) in [4.78, 5) is 19.1. The topological polar surface area (TPSA) is 72.3 Å². The highest BCUT2D eigenvalue weighted by Gasteiger charge is 2.07. The lowest BCUT2D eigenvalue weighted by Crippen LogP contribution is -2.05. The quantitative estimate of drug-likeness (QED) is 0.650. The number of aliphatic carboxylic acids is 1. The number of benzene rings is 1. The molecule has 1 N–H and O–H groups in total. The average Bonchev–Trinajstić information content (AvgIpc) is 2.44. The summed E-state index contributed by atoms with van der Waals surface area (Å²) in [5.41, 5.74) is 0.760. The van der Waals surface area contributed by atoms with Crippen LogP contribution in [0.4, 0.5) is 0 Å². The highest BCUT2D eigenvalue weighted by molar-refractivity contribution is 7.99. The Balaban J connectivity index is 2.06. The van der Waals surface area contributed by atoms with Gasteiger partial charge in [0.25, 0.3) is 0 Å². The molecule has 5 nitrogen and oxygen atoms in total. The molecular weight excluding hydrogens is 312 g/mol. The molecule has 0 aliphatic rings. The lowest BCUT2D eigenvalue weighted by molar-refractivity contribution is -0.133. The second kappa shape index (κ2) is 7.28. The van der Waals surface area contributed by atoms with E-state index in [4.69, 9.17) is 21.4 Å². The van der Waals surface area contributed by atoms with Crippen LogP contribution in [0.3, 0.4) is 0 Å². The van der Waals surface area contributed by atoms with Gasteiger partial charge in [-0.15, -0.1) is 0 Å². The van der Waals surface area contributed by atoms with Gasteiger partial charge in [0.1, 0.15) is 17.4 Å². The highest BCUT2D eigenvalue weighted by Crippen LogP contribution is 2.24. The first kappa shape index (κ1) is 15.6. The third-order valence-electron chi connectivity index (χ3n) is 2.41. The Labute approximate surface area is 131 Å². The zero-order valence-corrected chi connectivity index (χ0v) is 12.8. The number of halogens is 1. The number of nitrogens with zero attached hydrogens (tertiary/aromatic N) is 2. The Bertz CT molecular complexity index is 652. The molecule has 0 unspecified atom stereocenters. The minimum Gasteiger partial charge on any atom is -0.484 e. The van der Waals surface area contributed by atoms with Gasteiger partial charge in [-0.1, -0.05) is 35.5 Å². The minimum atomic E-state index is -0.884. The molecule has 0 bridgehead atoms. The van der Waals surface area contributed by atoms with Gasteiger partial charge in [0, 0.05) is 5.69 Å². The summed E-state index contributed by atoms with van der Waals surface area (Å²) in [6, 6.07) is 8.89. The van der Waals surface area contributed by atoms with Gasteiger partial charge in [-0.3, -0.25) is 4.79 Å². The fraction of sp³-hybridized carbons (Fsp3) is 0.214. The van der Waals surface area contributed by atoms with Gasteiger partial charge in [0.2, 0.25) is 0 Å². The largest absolute Gasteiger partial charge is 0.484 e. The zero-order chi connectivity index (χ0) is 15.2. The van der Waals surface area contributed by atoms with Gasteiger partial charge in [-0.2, -0.15) is 0 Å². The number of carbonyl (C=O) groups is 1. The van der Waals surface area contributed by atoms with E-state index in [1.807, 2.05) is 19.1 Å². The van der Waals surface area contributed by atoms with Crippen LogP contribution in [0.1, 0.15) is 11.5 Å². The maximum absolute atomic E-state index is 10.6. The van der Waals surface area contributed by atoms with Crippen LogP contribution in [0.25, 0.3) is 0 Å². The summed E-state index contributed by atoms with van der Waals surface area (Å²) in [6.45, 7) is 2.00. The SMILES string of the molecule is Cc1cc(SCC(=O)O)nc(COc2ccccc2Cl)n1. The van der Waals surface area contributed by atoms with E-state index in [-0.39, 0.29) is 12.4 Å². The molecule has 0 fully saturated rings. The van der Waals surface area contributed by atoms with E-state index in [2.05, 4.69) is 9.97 Å². The number of rotatable bonds is 6. The smallest absolute Gasteiger partial charge is 0.313 e. The summed E-state index contributed by atoms with van der Waals surface area (Å²) in [6.07, 6.45) is 0. The van der Waals surface area contributed by atoms with E-state index in [1.165, 1.54) is 0 Å². The molecule has 2 rings (SSSR count). The van der Waals surface area contributed by atoms with Crippen LogP contribution in [0.15, 0.2) is 35.4 Å². The maximum Gasteiger partial charge on any atom is 0.313 e. The van der Waals surface area contributed by atoms with Crippen LogP contribution in [-0.2, 0) is 11.4 Å². The van der Waals surface area contributed by atoms with Crippen molar-refractivity contribution in [3.05, 3.63) is 46.9 Å². The molecule has 0 saturated carbocycles. The predicted octanol–water partition coefficient (Wildman–Crippen LogP) is 3.19. The molecule has 1 heterocycles. The normalized spacial score (nSPS) is 10.4. The Morgan fingerprint density at radius 1 is 1.38 bits per heavy atom. The molecule has 7 heteroatoms. The van der Waals surface area contributed by atoms with Crippen LogP contribution in [0.5, 0.6) is 5.75 Å². The summed E-state index contributed by atoms with van der Waals surface area (Å²) < 4.78 is 5.58. The van der Waals surface area contributed by atoms with Gasteiger partial charge in [-0.05, 0) is 25.1 Å². The van der Waals surface area contributed by atoms with E-state index >= 15 is 0 Å². The van der Waals surface area contributed by atoms with Crippen molar-refractivity contribution in [1.29, 1.82) is 0 Å². The molecule has 0 atom stereocenters. The zero-order valence-electron chi connectivity index (χ0n) is 11.2. The summed E-state index contributed by atoms with van der Waals surface area (Å²) in [7, 11) is 0. The van der Waals surface area contributed by atoms with Gasteiger partial charge < -0.3 is 9.84 Å². The van der Waals surface area contributed by atoms with E-state index in [9.17, 15) is 4.79 Å². The molecule has 0 aliphatic carbocycles. The standard InChI is InChI=1S/C14H13ClN2O3S/c1-9-6-13(21-8-14(18)19)17-12(16-9)7-20-11-5-3-2-4-10(11)15/h2-6H,7-8H2,1H3,(H,18,19). The van der Waals surface area contributed by atoms with Crippen molar-refractivity contribution in [1.82, 2.24) is 9.97 Å². The number of carboxylic acid groups (broad SMARTS) is 1. The molecule has 0 amide bonds. The number of ether oxygens (including phenoxy) is 1. The predicted molar refractivity (Wildman–Crippen MR) is 80.9 cm³/mol. The van der Waals surface area contributed by atoms with Crippen LogP contribution in [-0.4, -0.2) is 26.8 Å². The molecule has 21 heavy (non-hydrogen) atoms. The Morgan fingerprint density at radius 3 is 2.86 bits per heavy atom. The Hall–Kier alpha value is -1.79. The molecule has 2 aromatic rings. The summed E-state index contributed by atoms with van der Waals surface area (Å²) in [5.74, 6) is 0.123. The number of hydrogen-bond donors (Lipinski definition) is 1. The van der Waals surface area contributed by atoms with Gasteiger partial charge >= 0.3 is 5.97 Å². The Morgan fingerprint density at radius 2 is 2.14 bits per heavy atom. The first-order valence-electron chi connectivity index (χ1n) is 6.11. The molecule has 1 aromatic heterocycles. The molecular formula is C14H13ClN2O3S. The van der Waals surface area contributed by atoms with Crippen LogP contribution in [0, 0.1) is 6.92 Å². The first-order chi connectivity index (χ1) is 10.0. The minimum absolute atomic E-state index is 0.0404. The van der Waals surface area contributed by atoms with Gasteiger partial charge in [0.05, 0.1) is 10.8 Å². The fourth-order valence-electron chi connectivity index (χ4n) is 1.58.